The van der Waals surface area contributed by atoms with E-state index in [9.17, 15) is 20.2 Å². The first-order valence-electron chi connectivity index (χ1n) is 8.45. The Hall–Kier alpha value is -2.95. The van der Waals surface area contributed by atoms with Gasteiger partial charge in [-0.2, -0.15) is 15.8 Å². The van der Waals surface area contributed by atoms with Gasteiger partial charge < -0.3 is 9.47 Å². The third-order valence-electron chi connectivity index (χ3n) is 5.99. The van der Waals surface area contributed by atoms with Crippen LogP contribution in [0.2, 0.25) is 0 Å². The monoisotopic (exact) mass is 350 g/mol. The van der Waals surface area contributed by atoms with E-state index in [0.717, 1.165) is 12.8 Å². The summed E-state index contributed by atoms with van der Waals surface area (Å²) in [4.78, 5) is 0. The van der Waals surface area contributed by atoms with Gasteiger partial charge in [0.15, 0.2) is 10.8 Å². The van der Waals surface area contributed by atoms with Crippen LogP contribution in [-0.2, 0) is 9.47 Å². The smallest absolute Gasteiger partial charge is 0.218 e. The average Bonchev–Trinajstić information content (AvgIpc) is 2.66. The zero-order valence-corrected chi connectivity index (χ0v) is 13.8. The van der Waals surface area contributed by atoms with Crippen molar-refractivity contribution in [1.29, 1.82) is 21.2 Å². The van der Waals surface area contributed by atoms with Gasteiger partial charge in [-0.15, -0.1) is 0 Å². The molecule has 0 amide bonds. The zero-order valence-electron chi connectivity index (χ0n) is 13.8. The Balaban J connectivity index is 2.00. The lowest BCUT2D eigenvalue weighted by Crippen LogP contribution is -2.73. The molecular formula is C19H15FN4O2. The predicted molar refractivity (Wildman–Crippen MR) is 85.4 cm³/mol. The molecule has 5 rings (SSSR count). The molecule has 3 aliphatic heterocycles. The van der Waals surface area contributed by atoms with E-state index in [1.165, 1.54) is 24.3 Å². The van der Waals surface area contributed by atoms with Crippen molar-refractivity contribution >= 4 is 5.90 Å². The minimum absolute atomic E-state index is 0.415. The maximum absolute atomic E-state index is 13.4. The first-order valence-corrected chi connectivity index (χ1v) is 8.45. The summed E-state index contributed by atoms with van der Waals surface area (Å²) in [6.07, 6.45) is 1.45. The highest BCUT2D eigenvalue weighted by molar-refractivity contribution is 5.89. The number of nitrogens with one attached hydrogen (secondary N) is 1. The van der Waals surface area contributed by atoms with Crippen LogP contribution in [0.5, 0.6) is 0 Å². The van der Waals surface area contributed by atoms with Gasteiger partial charge in [0.2, 0.25) is 11.7 Å². The zero-order chi connectivity index (χ0) is 18.6. The van der Waals surface area contributed by atoms with Crippen LogP contribution in [-0.4, -0.2) is 11.7 Å². The lowest BCUT2D eigenvalue weighted by atomic mass is 9.48. The second kappa shape index (κ2) is 5.27. The Kier molecular flexibility index (Phi) is 3.35. The second-order valence-electron chi connectivity index (χ2n) is 7.04. The van der Waals surface area contributed by atoms with Gasteiger partial charge >= 0.3 is 0 Å². The Bertz CT molecular complexity index is 895. The van der Waals surface area contributed by atoms with Crippen LogP contribution < -0.4 is 0 Å². The fraction of sp³-hybridized carbons (Fsp3) is 0.474. The van der Waals surface area contributed by atoms with Gasteiger partial charge in [-0.05, 0) is 30.5 Å². The van der Waals surface area contributed by atoms with Gasteiger partial charge in [0, 0.05) is 6.42 Å². The molecule has 1 aliphatic carbocycles. The molecule has 2 bridgehead atoms. The van der Waals surface area contributed by atoms with E-state index in [2.05, 4.69) is 12.1 Å². The Labute approximate surface area is 149 Å². The minimum Gasteiger partial charge on any atom is -0.447 e. The molecule has 1 aromatic carbocycles. The first-order chi connectivity index (χ1) is 12.5. The third kappa shape index (κ3) is 1.68. The third-order valence-corrected chi connectivity index (χ3v) is 5.99. The summed E-state index contributed by atoms with van der Waals surface area (Å²) in [6, 6.07) is 11.5. The maximum atomic E-state index is 13.4. The number of hydrogen-bond acceptors (Lipinski definition) is 6. The van der Waals surface area contributed by atoms with E-state index >= 15 is 0 Å². The Morgan fingerprint density at radius 2 is 1.77 bits per heavy atom. The summed E-state index contributed by atoms with van der Waals surface area (Å²) in [5, 5.41) is 38.6. The normalized spacial score (nSPS) is 36.8. The van der Waals surface area contributed by atoms with Gasteiger partial charge in [0.25, 0.3) is 0 Å². The first kappa shape index (κ1) is 16.5. The van der Waals surface area contributed by atoms with Gasteiger partial charge in [0.1, 0.15) is 11.9 Å². The number of halogens is 1. The number of ether oxygens (including phenoxy) is 2. The van der Waals surface area contributed by atoms with Gasteiger partial charge in [-0.1, -0.05) is 18.6 Å². The number of fused-ring (bicyclic) bond motifs is 2. The summed E-state index contributed by atoms with van der Waals surface area (Å²) in [5.74, 6) is -2.77. The van der Waals surface area contributed by atoms with Crippen LogP contribution in [0.4, 0.5) is 4.39 Å². The molecule has 1 spiro atoms. The topological polar surface area (TPSA) is 114 Å². The summed E-state index contributed by atoms with van der Waals surface area (Å²) >= 11 is 0. The van der Waals surface area contributed by atoms with Crippen LogP contribution in [0.1, 0.15) is 37.4 Å². The number of rotatable bonds is 1. The van der Waals surface area contributed by atoms with Crippen LogP contribution >= 0.6 is 0 Å². The molecule has 1 aromatic rings. The Morgan fingerprint density at radius 1 is 1.08 bits per heavy atom. The SMILES string of the molecule is N#CC1(C#N)C2CCCCC23OC(=N)C1(C#N)C(c1ccc(F)cc1)O3. The highest BCUT2D eigenvalue weighted by Crippen LogP contribution is 2.69. The number of hydrogen-bond donors (Lipinski definition) is 1. The minimum atomic E-state index is -1.90. The van der Waals surface area contributed by atoms with Gasteiger partial charge in [-0.3, -0.25) is 5.41 Å². The highest BCUT2D eigenvalue weighted by Gasteiger charge is 2.80. The summed E-state index contributed by atoms with van der Waals surface area (Å²) in [6.45, 7) is 0. The van der Waals surface area contributed by atoms with Crippen molar-refractivity contribution < 1.29 is 13.9 Å². The molecule has 7 heteroatoms. The van der Waals surface area contributed by atoms with Crippen molar-refractivity contribution in [2.75, 3.05) is 0 Å². The van der Waals surface area contributed by atoms with Gasteiger partial charge in [0.05, 0.1) is 24.1 Å². The molecule has 130 valence electrons. The fourth-order valence-electron chi connectivity index (χ4n) is 4.78. The summed E-state index contributed by atoms with van der Waals surface area (Å²) < 4.78 is 25.4. The Morgan fingerprint density at radius 3 is 2.38 bits per heavy atom. The molecule has 4 fully saturated rings. The lowest BCUT2D eigenvalue weighted by molar-refractivity contribution is -0.360. The number of benzene rings is 1. The molecule has 1 N–H and O–H groups in total. The molecule has 4 aliphatic rings. The molecule has 0 radical (unpaired) electrons. The van der Waals surface area contributed by atoms with Gasteiger partial charge in [-0.25, -0.2) is 4.39 Å². The van der Waals surface area contributed by atoms with E-state index in [0.29, 0.717) is 18.4 Å². The molecule has 0 aromatic heterocycles. The largest absolute Gasteiger partial charge is 0.447 e. The summed E-state index contributed by atoms with van der Waals surface area (Å²) in [7, 11) is 0. The second-order valence-corrected chi connectivity index (χ2v) is 7.04. The molecule has 4 atom stereocenters. The standard InChI is InChI=1S/C19H15FN4O2/c20-13-6-4-12(5-7-13)15-18(11-23)16(24)26-19(25-15)8-2-1-3-14(19)17(18,9-21)10-22/h4-7,14-15,24H,1-3,8H2. The van der Waals surface area contributed by atoms with Crippen molar-refractivity contribution in [3.63, 3.8) is 0 Å². The molecule has 3 heterocycles. The molecule has 4 unspecified atom stereocenters. The van der Waals surface area contributed by atoms with Crippen LogP contribution in [0.25, 0.3) is 0 Å². The highest BCUT2D eigenvalue weighted by atomic mass is 19.1. The van der Waals surface area contributed by atoms with Crippen molar-refractivity contribution in [1.82, 2.24) is 0 Å². The maximum Gasteiger partial charge on any atom is 0.218 e. The van der Waals surface area contributed by atoms with Crippen LogP contribution in [0, 0.1) is 62.0 Å². The quantitative estimate of drug-likeness (QED) is 0.834. The van der Waals surface area contributed by atoms with E-state index in [-0.39, 0.29) is 0 Å². The van der Waals surface area contributed by atoms with Crippen LogP contribution in [0.3, 0.4) is 0 Å². The molecule has 6 nitrogen and oxygen atoms in total. The lowest BCUT2D eigenvalue weighted by Gasteiger charge is -2.63. The number of nitriles is 3. The van der Waals surface area contributed by atoms with E-state index < -0.39 is 40.4 Å². The molecule has 26 heavy (non-hydrogen) atoms. The molecule has 3 saturated heterocycles. The number of nitrogens with zero attached hydrogens (tertiary/aromatic N) is 3. The van der Waals surface area contributed by atoms with Crippen molar-refractivity contribution in [2.24, 2.45) is 16.7 Å². The van der Waals surface area contributed by atoms with Crippen molar-refractivity contribution in [3.05, 3.63) is 35.6 Å². The van der Waals surface area contributed by atoms with E-state index in [1.54, 1.807) is 0 Å². The van der Waals surface area contributed by atoms with E-state index in [4.69, 9.17) is 14.9 Å². The summed E-state index contributed by atoms with van der Waals surface area (Å²) in [5.41, 5.74) is -3.23. The molecular weight excluding hydrogens is 335 g/mol. The fourth-order valence-corrected chi connectivity index (χ4v) is 4.78. The van der Waals surface area contributed by atoms with Crippen molar-refractivity contribution in [3.8, 4) is 18.2 Å². The predicted octanol–water partition coefficient (Wildman–Crippen LogP) is 3.33. The van der Waals surface area contributed by atoms with Crippen molar-refractivity contribution in [2.45, 2.75) is 37.6 Å². The molecule has 1 saturated carbocycles. The van der Waals surface area contributed by atoms with E-state index in [1.807, 2.05) is 6.07 Å². The average molecular weight is 350 g/mol. The van der Waals surface area contributed by atoms with Crippen LogP contribution in [0.15, 0.2) is 24.3 Å².